The van der Waals surface area contributed by atoms with Gasteiger partial charge in [-0.1, -0.05) is 0 Å². The number of imidazole rings is 1. The molecule has 4 heteroatoms. The van der Waals surface area contributed by atoms with Crippen LogP contribution in [0.3, 0.4) is 0 Å². The predicted molar refractivity (Wildman–Crippen MR) is 40.4 cm³/mol. The van der Waals surface area contributed by atoms with Crippen LogP contribution in [0.4, 0.5) is 0 Å². The molecule has 0 unspecified atom stereocenters. The lowest BCUT2D eigenvalue weighted by molar-refractivity contribution is 0.422. The second kappa shape index (κ2) is 3.18. The average Bonchev–Trinajstić information content (AvgIpc) is 2.37. The second-order valence-electron chi connectivity index (χ2n) is 2.44. The topological polar surface area (TPSA) is 38.1 Å². The highest BCUT2D eigenvalue weighted by Gasteiger charge is 2.00. The fraction of sp³-hybridized carbons (Fsp3) is 0.429. The summed E-state index contributed by atoms with van der Waals surface area (Å²) in [6, 6.07) is 0. The maximum Gasteiger partial charge on any atom is 0.312 e. The Balaban J connectivity index is 2.63. The minimum absolute atomic E-state index is 0.556. The summed E-state index contributed by atoms with van der Waals surface area (Å²) in [5, 5.41) is 0. The number of amides is 1. The molecule has 0 spiro atoms. The molecule has 0 aromatic carbocycles. The van der Waals surface area contributed by atoms with Crippen LogP contribution in [-0.2, 0) is 18.4 Å². The van der Waals surface area contributed by atoms with E-state index in [9.17, 15) is 4.79 Å². The lowest BCUT2D eigenvalue weighted by atomic mass is 10.4. The minimum Gasteiger partial charge on any atom is -0.336 e. The van der Waals surface area contributed by atoms with E-state index in [0.29, 0.717) is 6.54 Å². The van der Waals surface area contributed by atoms with Crippen LogP contribution in [0.1, 0.15) is 5.69 Å². The maximum absolute atomic E-state index is 10.1. The Labute approximate surface area is 65.5 Å². The van der Waals surface area contributed by atoms with Crippen molar-refractivity contribution in [2.24, 2.45) is 7.05 Å². The molecule has 1 aromatic rings. The zero-order chi connectivity index (χ0) is 8.27. The SMILES string of the molecule is CN([C]=O)Cc1cncn1C. The second-order valence-corrected chi connectivity index (χ2v) is 2.44. The van der Waals surface area contributed by atoms with E-state index in [1.807, 2.05) is 11.6 Å². The number of hydrogen-bond acceptors (Lipinski definition) is 2. The third kappa shape index (κ3) is 1.80. The van der Waals surface area contributed by atoms with Crippen molar-refractivity contribution in [3.8, 4) is 0 Å². The minimum atomic E-state index is 0.556. The van der Waals surface area contributed by atoms with Crippen molar-refractivity contribution in [1.29, 1.82) is 0 Å². The van der Waals surface area contributed by atoms with E-state index in [4.69, 9.17) is 0 Å². The van der Waals surface area contributed by atoms with Crippen LogP contribution in [0.2, 0.25) is 0 Å². The van der Waals surface area contributed by atoms with Gasteiger partial charge in [0.05, 0.1) is 18.6 Å². The Hall–Kier alpha value is -1.32. The van der Waals surface area contributed by atoms with Gasteiger partial charge in [0.2, 0.25) is 0 Å². The largest absolute Gasteiger partial charge is 0.336 e. The number of carbonyl (C=O) groups excluding carboxylic acids is 1. The molecule has 1 aromatic heterocycles. The molecule has 0 bridgehead atoms. The van der Waals surface area contributed by atoms with E-state index < -0.39 is 0 Å². The van der Waals surface area contributed by atoms with Crippen molar-refractivity contribution in [2.45, 2.75) is 6.54 Å². The molecule has 0 aliphatic rings. The summed E-state index contributed by atoms with van der Waals surface area (Å²) in [6.07, 6.45) is 5.20. The van der Waals surface area contributed by atoms with Crippen LogP contribution >= 0.6 is 0 Å². The summed E-state index contributed by atoms with van der Waals surface area (Å²) in [5.74, 6) is 0. The van der Waals surface area contributed by atoms with E-state index in [1.54, 1.807) is 26.0 Å². The maximum atomic E-state index is 10.1. The number of aryl methyl sites for hydroxylation is 1. The first-order valence-corrected chi connectivity index (χ1v) is 3.28. The fourth-order valence-electron chi connectivity index (χ4n) is 0.812. The quantitative estimate of drug-likeness (QED) is 0.568. The monoisotopic (exact) mass is 152 g/mol. The molecule has 0 fully saturated rings. The van der Waals surface area contributed by atoms with Gasteiger partial charge in [0.25, 0.3) is 0 Å². The van der Waals surface area contributed by atoms with Gasteiger partial charge < -0.3 is 9.47 Å². The molecule has 0 aliphatic carbocycles. The number of aromatic nitrogens is 2. The normalized spacial score (nSPS) is 9.64. The standard InChI is InChI=1S/C7H10N3O/c1-9(6-11)4-7-3-8-5-10(7)2/h3,5H,4H2,1-2H3. The molecule has 4 nitrogen and oxygen atoms in total. The van der Waals surface area contributed by atoms with Gasteiger partial charge in [0.15, 0.2) is 0 Å². The van der Waals surface area contributed by atoms with Crippen molar-refractivity contribution in [3.63, 3.8) is 0 Å². The van der Waals surface area contributed by atoms with Crippen molar-refractivity contribution in [2.75, 3.05) is 7.05 Å². The molecule has 0 N–H and O–H groups in total. The van der Waals surface area contributed by atoms with Gasteiger partial charge in [0, 0.05) is 20.3 Å². The van der Waals surface area contributed by atoms with Crippen LogP contribution in [0.5, 0.6) is 0 Å². The molecular formula is C7H10N3O. The summed E-state index contributed by atoms with van der Waals surface area (Å²) in [7, 11) is 3.57. The van der Waals surface area contributed by atoms with E-state index in [-0.39, 0.29) is 0 Å². The van der Waals surface area contributed by atoms with Gasteiger partial charge >= 0.3 is 6.41 Å². The summed E-state index contributed by atoms with van der Waals surface area (Å²) in [6.45, 7) is 0.556. The third-order valence-electron chi connectivity index (χ3n) is 1.47. The summed E-state index contributed by atoms with van der Waals surface area (Å²) >= 11 is 0. The fourth-order valence-corrected chi connectivity index (χ4v) is 0.812. The molecule has 1 amide bonds. The zero-order valence-corrected chi connectivity index (χ0v) is 6.61. The Morgan fingerprint density at radius 1 is 1.82 bits per heavy atom. The van der Waals surface area contributed by atoms with Crippen LogP contribution in [-0.4, -0.2) is 27.9 Å². The molecule has 0 aliphatic heterocycles. The van der Waals surface area contributed by atoms with Gasteiger partial charge in [-0.3, -0.25) is 4.79 Å². The van der Waals surface area contributed by atoms with Crippen molar-refractivity contribution >= 4 is 6.41 Å². The molecule has 0 saturated carbocycles. The first-order valence-electron chi connectivity index (χ1n) is 3.28. The van der Waals surface area contributed by atoms with Crippen LogP contribution in [0.25, 0.3) is 0 Å². The molecule has 1 radical (unpaired) electrons. The van der Waals surface area contributed by atoms with E-state index >= 15 is 0 Å². The molecule has 1 heterocycles. The summed E-state index contributed by atoms with van der Waals surface area (Å²) in [4.78, 5) is 15.5. The number of hydrogen-bond donors (Lipinski definition) is 0. The number of nitrogens with zero attached hydrogens (tertiary/aromatic N) is 3. The van der Waals surface area contributed by atoms with Gasteiger partial charge in [-0.2, -0.15) is 0 Å². The Kier molecular flexibility index (Phi) is 2.25. The van der Waals surface area contributed by atoms with Crippen molar-refractivity contribution in [3.05, 3.63) is 18.2 Å². The van der Waals surface area contributed by atoms with E-state index in [1.165, 1.54) is 4.90 Å². The highest BCUT2D eigenvalue weighted by molar-refractivity contribution is 5.47. The van der Waals surface area contributed by atoms with Crippen LogP contribution < -0.4 is 0 Å². The highest BCUT2D eigenvalue weighted by Crippen LogP contribution is 1.98. The van der Waals surface area contributed by atoms with Crippen molar-refractivity contribution in [1.82, 2.24) is 14.5 Å². The molecule has 1 rings (SSSR count). The van der Waals surface area contributed by atoms with Gasteiger partial charge in [-0.05, 0) is 0 Å². The van der Waals surface area contributed by atoms with E-state index in [0.717, 1.165) is 5.69 Å². The Bertz CT molecular complexity index is 244. The molecule has 0 atom stereocenters. The molecule has 11 heavy (non-hydrogen) atoms. The summed E-state index contributed by atoms with van der Waals surface area (Å²) in [5.41, 5.74) is 0.996. The zero-order valence-electron chi connectivity index (χ0n) is 6.61. The lowest BCUT2D eigenvalue weighted by Gasteiger charge is -2.08. The van der Waals surface area contributed by atoms with E-state index in [2.05, 4.69) is 4.98 Å². The lowest BCUT2D eigenvalue weighted by Crippen LogP contribution is -2.16. The first-order chi connectivity index (χ1) is 5.24. The Morgan fingerprint density at radius 2 is 2.55 bits per heavy atom. The molecular weight excluding hydrogens is 142 g/mol. The van der Waals surface area contributed by atoms with Crippen LogP contribution in [0.15, 0.2) is 12.5 Å². The highest BCUT2D eigenvalue weighted by atomic mass is 16.1. The third-order valence-corrected chi connectivity index (χ3v) is 1.47. The summed E-state index contributed by atoms with van der Waals surface area (Å²) < 4.78 is 1.87. The van der Waals surface area contributed by atoms with Crippen LogP contribution in [0, 0.1) is 0 Å². The van der Waals surface area contributed by atoms with Gasteiger partial charge in [0.1, 0.15) is 0 Å². The predicted octanol–water partition coefficient (Wildman–Crippen LogP) is -0.0809. The van der Waals surface area contributed by atoms with Gasteiger partial charge in [-0.15, -0.1) is 0 Å². The Morgan fingerprint density at radius 3 is 3.00 bits per heavy atom. The number of rotatable bonds is 3. The average molecular weight is 152 g/mol. The smallest absolute Gasteiger partial charge is 0.312 e. The van der Waals surface area contributed by atoms with Gasteiger partial charge in [-0.25, -0.2) is 4.98 Å². The van der Waals surface area contributed by atoms with Crippen molar-refractivity contribution < 1.29 is 4.79 Å². The molecule has 0 saturated heterocycles. The molecule has 59 valence electrons. The first kappa shape index (κ1) is 7.78.